The van der Waals surface area contributed by atoms with Gasteiger partial charge in [-0.2, -0.15) is 0 Å². The Morgan fingerprint density at radius 1 is 1.39 bits per heavy atom. The molecule has 94 valence electrons. The molecule has 2 aromatic rings. The van der Waals surface area contributed by atoms with Crippen LogP contribution in [0.1, 0.15) is 11.5 Å². The number of halogens is 1. The van der Waals surface area contributed by atoms with Crippen LogP contribution in [0.4, 0.5) is 0 Å². The quantitative estimate of drug-likeness (QED) is 0.850. The van der Waals surface area contributed by atoms with Crippen molar-refractivity contribution in [3.63, 3.8) is 0 Å². The highest BCUT2D eigenvalue weighted by Crippen LogP contribution is 2.21. The molecule has 0 saturated carbocycles. The normalized spacial score (nSPS) is 10.5. The third kappa shape index (κ3) is 3.48. The Labute approximate surface area is 112 Å². The van der Waals surface area contributed by atoms with Gasteiger partial charge in [0.1, 0.15) is 5.75 Å². The van der Waals surface area contributed by atoms with E-state index in [-0.39, 0.29) is 11.0 Å². The standard InChI is InChI=1S/C11H9ClN2O3S/c12-8-4-2-1-3-7(8)5-9-13-14-11(17-9)18-6-10(15)16/h1-4H,5-6H2,(H,15,16). The highest BCUT2D eigenvalue weighted by Gasteiger charge is 2.10. The van der Waals surface area contributed by atoms with Crippen LogP contribution < -0.4 is 0 Å². The minimum atomic E-state index is -0.925. The van der Waals surface area contributed by atoms with Crippen molar-refractivity contribution in [2.75, 3.05) is 5.75 Å². The zero-order chi connectivity index (χ0) is 13.0. The van der Waals surface area contributed by atoms with Crippen molar-refractivity contribution < 1.29 is 14.3 Å². The lowest BCUT2D eigenvalue weighted by Gasteiger charge is -1.99. The molecule has 2 rings (SSSR count). The molecule has 7 heteroatoms. The van der Waals surface area contributed by atoms with Crippen LogP contribution in [0.15, 0.2) is 33.9 Å². The molecule has 1 aromatic carbocycles. The van der Waals surface area contributed by atoms with E-state index in [1.807, 2.05) is 18.2 Å². The summed E-state index contributed by atoms with van der Waals surface area (Å²) < 4.78 is 5.31. The van der Waals surface area contributed by atoms with Gasteiger partial charge in [0.05, 0.1) is 6.42 Å². The predicted octanol–water partition coefficient (Wildman–Crippen LogP) is 2.49. The lowest BCUT2D eigenvalue weighted by atomic mass is 10.1. The molecule has 18 heavy (non-hydrogen) atoms. The van der Waals surface area contributed by atoms with Crippen molar-refractivity contribution in [3.8, 4) is 0 Å². The van der Waals surface area contributed by atoms with Crippen LogP contribution in [0.3, 0.4) is 0 Å². The Morgan fingerprint density at radius 3 is 2.89 bits per heavy atom. The third-order valence-electron chi connectivity index (χ3n) is 2.07. The van der Waals surface area contributed by atoms with Gasteiger partial charge in [-0.15, -0.1) is 10.2 Å². The van der Waals surface area contributed by atoms with Gasteiger partial charge in [0.25, 0.3) is 5.22 Å². The molecule has 1 aromatic heterocycles. The van der Waals surface area contributed by atoms with Crippen molar-refractivity contribution in [2.24, 2.45) is 0 Å². The second-order valence-electron chi connectivity index (χ2n) is 3.41. The molecule has 5 nitrogen and oxygen atoms in total. The van der Waals surface area contributed by atoms with Crippen LogP contribution in [0.2, 0.25) is 5.02 Å². The first-order chi connectivity index (χ1) is 8.65. The van der Waals surface area contributed by atoms with E-state index in [0.717, 1.165) is 17.3 Å². The number of hydrogen-bond donors (Lipinski definition) is 1. The summed E-state index contributed by atoms with van der Waals surface area (Å²) in [5.41, 5.74) is 0.887. The first kappa shape index (κ1) is 12.9. The lowest BCUT2D eigenvalue weighted by Crippen LogP contribution is -1.97. The van der Waals surface area contributed by atoms with Crippen LogP contribution in [-0.2, 0) is 11.2 Å². The molecule has 1 N–H and O–H groups in total. The summed E-state index contributed by atoms with van der Waals surface area (Å²) in [5, 5.41) is 17.0. The van der Waals surface area contributed by atoms with E-state index < -0.39 is 5.97 Å². The van der Waals surface area contributed by atoms with Crippen LogP contribution in [0, 0.1) is 0 Å². The second-order valence-corrected chi connectivity index (χ2v) is 4.75. The van der Waals surface area contributed by atoms with Gasteiger partial charge < -0.3 is 9.52 Å². The van der Waals surface area contributed by atoms with Crippen molar-refractivity contribution in [1.29, 1.82) is 0 Å². The fourth-order valence-electron chi connectivity index (χ4n) is 1.30. The molecule has 0 atom stereocenters. The second kappa shape index (κ2) is 5.88. The van der Waals surface area contributed by atoms with Crippen LogP contribution >= 0.6 is 23.4 Å². The first-order valence-electron chi connectivity index (χ1n) is 5.05. The zero-order valence-electron chi connectivity index (χ0n) is 9.17. The Morgan fingerprint density at radius 2 is 2.17 bits per heavy atom. The highest BCUT2D eigenvalue weighted by atomic mass is 35.5. The van der Waals surface area contributed by atoms with Gasteiger partial charge in [0.15, 0.2) is 0 Å². The molecule has 0 unspecified atom stereocenters. The monoisotopic (exact) mass is 284 g/mol. The number of thioether (sulfide) groups is 1. The summed E-state index contributed by atoms with van der Waals surface area (Å²) in [4.78, 5) is 10.4. The van der Waals surface area contributed by atoms with E-state index in [2.05, 4.69) is 10.2 Å². The largest absolute Gasteiger partial charge is 0.481 e. The predicted molar refractivity (Wildman–Crippen MR) is 66.9 cm³/mol. The molecule has 0 spiro atoms. The summed E-state index contributed by atoms with van der Waals surface area (Å²) in [6, 6.07) is 7.37. The van der Waals surface area contributed by atoms with E-state index in [0.29, 0.717) is 17.3 Å². The number of carboxylic acid groups (broad SMARTS) is 1. The summed E-state index contributed by atoms with van der Waals surface area (Å²) in [6.45, 7) is 0. The minimum Gasteiger partial charge on any atom is -0.481 e. The zero-order valence-corrected chi connectivity index (χ0v) is 10.7. The van der Waals surface area contributed by atoms with Gasteiger partial charge >= 0.3 is 5.97 Å². The molecular formula is C11H9ClN2O3S. The highest BCUT2D eigenvalue weighted by molar-refractivity contribution is 7.99. The van der Waals surface area contributed by atoms with Crippen molar-refractivity contribution in [1.82, 2.24) is 10.2 Å². The topological polar surface area (TPSA) is 76.2 Å². The Hall–Kier alpha value is -1.53. The van der Waals surface area contributed by atoms with E-state index in [1.54, 1.807) is 6.07 Å². The molecule has 0 amide bonds. The van der Waals surface area contributed by atoms with E-state index in [9.17, 15) is 4.79 Å². The number of carboxylic acids is 1. The molecule has 1 heterocycles. The minimum absolute atomic E-state index is 0.103. The van der Waals surface area contributed by atoms with Crippen molar-refractivity contribution >= 4 is 29.3 Å². The number of hydrogen-bond acceptors (Lipinski definition) is 5. The molecule has 0 aliphatic carbocycles. The van der Waals surface area contributed by atoms with Gasteiger partial charge in [-0.3, -0.25) is 4.79 Å². The van der Waals surface area contributed by atoms with Crippen LogP contribution in [-0.4, -0.2) is 27.0 Å². The summed E-state index contributed by atoms with van der Waals surface area (Å²) in [6.07, 6.45) is 0.431. The maximum Gasteiger partial charge on any atom is 0.314 e. The Bertz CT molecular complexity index is 559. The van der Waals surface area contributed by atoms with Gasteiger partial charge in [0.2, 0.25) is 5.89 Å². The fraction of sp³-hybridized carbons (Fsp3) is 0.182. The number of rotatable bonds is 5. The van der Waals surface area contributed by atoms with E-state index >= 15 is 0 Å². The average Bonchev–Trinajstić information content (AvgIpc) is 2.77. The van der Waals surface area contributed by atoms with Gasteiger partial charge in [0, 0.05) is 5.02 Å². The molecule has 0 bridgehead atoms. The van der Waals surface area contributed by atoms with Crippen LogP contribution in [0.25, 0.3) is 0 Å². The fourth-order valence-corrected chi connectivity index (χ4v) is 2.00. The van der Waals surface area contributed by atoms with Crippen LogP contribution in [0.5, 0.6) is 0 Å². The Balaban J connectivity index is 2.02. The van der Waals surface area contributed by atoms with Gasteiger partial charge in [-0.05, 0) is 11.6 Å². The number of carbonyl (C=O) groups is 1. The lowest BCUT2D eigenvalue weighted by molar-refractivity contribution is -0.133. The molecular weight excluding hydrogens is 276 g/mol. The molecule has 0 aliphatic heterocycles. The third-order valence-corrected chi connectivity index (χ3v) is 3.24. The number of aliphatic carboxylic acids is 1. The number of aromatic nitrogens is 2. The maximum absolute atomic E-state index is 10.4. The Kier molecular flexibility index (Phi) is 4.22. The first-order valence-corrected chi connectivity index (χ1v) is 6.42. The maximum atomic E-state index is 10.4. The average molecular weight is 285 g/mol. The molecule has 0 aliphatic rings. The van der Waals surface area contributed by atoms with Gasteiger partial charge in [-0.1, -0.05) is 41.6 Å². The van der Waals surface area contributed by atoms with E-state index in [1.165, 1.54) is 0 Å². The number of benzene rings is 1. The van der Waals surface area contributed by atoms with Gasteiger partial charge in [-0.25, -0.2) is 0 Å². The van der Waals surface area contributed by atoms with Crippen molar-refractivity contribution in [2.45, 2.75) is 11.6 Å². The smallest absolute Gasteiger partial charge is 0.314 e. The van der Waals surface area contributed by atoms with Crippen molar-refractivity contribution in [3.05, 3.63) is 40.7 Å². The SMILES string of the molecule is O=C(O)CSc1nnc(Cc2ccccc2Cl)o1. The summed E-state index contributed by atoms with van der Waals surface area (Å²) in [7, 11) is 0. The number of nitrogens with zero attached hydrogens (tertiary/aromatic N) is 2. The molecule has 0 saturated heterocycles. The summed E-state index contributed by atoms with van der Waals surface area (Å²) >= 11 is 7.00. The summed E-state index contributed by atoms with van der Waals surface area (Å²) in [5.74, 6) is -0.616. The van der Waals surface area contributed by atoms with E-state index in [4.69, 9.17) is 21.1 Å². The molecule has 0 radical (unpaired) electrons. The molecule has 0 fully saturated rings.